The lowest BCUT2D eigenvalue weighted by molar-refractivity contribution is 1.31. The SMILES string of the molecule is Cc1ccc(N=C(N=CN)c2ccc(C)cc2C)c(C)c1. The van der Waals surface area contributed by atoms with Gasteiger partial charge in [0.25, 0.3) is 0 Å². The summed E-state index contributed by atoms with van der Waals surface area (Å²) in [5.74, 6) is 0.641. The highest BCUT2D eigenvalue weighted by molar-refractivity contribution is 6.05. The van der Waals surface area contributed by atoms with Crippen LogP contribution in [0.1, 0.15) is 27.8 Å². The second-order valence-corrected chi connectivity index (χ2v) is 5.32. The number of aliphatic imine (C=N–C) groups is 2. The summed E-state index contributed by atoms with van der Waals surface area (Å²) in [5, 5.41) is 0. The van der Waals surface area contributed by atoms with E-state index in [9.17, 15) is 0 Å². The highest BCUT2D eigenvalue weighted by atomic mass is 14.9. The molecule has 0 saturated carbocycles. The number of hydrogen-bond donors (Lipinski definition) is 1. The molecule has 2 N–H and O–H groups in total. The summed E-state index contributed by atoms with van der Waals surface area (Å²) in [4.78, 5) is 8.93. The summed E-state index contributed by atoms with van der Waals surface area (Å²) in [6.07, 6.45) is 1.29. The number of benzene rings is 2. The Morgan fingerprint density at radius 3 is 2.10 bits per heavy atom. The van der Waals surface area contributed by atoms with Gasteiger partial charge in [-0.3, -0.25) is 0 Å². The van der Waals surface area contributed by atoms with E-state index in [0.717, 1.165) is 22.4 Å². The van der Waals surface area contributed by atoms with Gasteiger partial charge in [-0.1, -0.05) is 41.5 Å². The van der Waals surface area contributed by atoms with Crippen LogP contribution in [-0.4, -0.2) is 12.2 Å². The Kier molecular flexibility index (Phi) is 4.53. The summed E-state index contributed by atoms with van der Waals surface area (Å²) in [6.45, 7) is 8.26. The van der Waals surface area contributed by atoms with Crippen molar-refractivity contribution in [2.24, 2.45) is 15.7 Å². The van der Waals surface area contributed by atoms with Crippen molar-refractivity contribution in [1.29, 1.82) is 0 Å². The third kappa shape index (κ3) is 3.57. The first kappa shape index (κ1) is 15.0. The Balaban J connectivity index is 2.54. The van der Waals surface area contributed by atoms with Gasteiger partial charge < -0.3 is 5.73 Å². The first-order valence-corrected chi connectivity index (χ1v) is 6.99. The van der Waals surface area contributed by atoms with Crippen LogP contribution >= 0.6 is 0 Å². The lowest BCUT2D eigenvalue weighted by Gasteiger charge is -2.08. The van der Waals surface area contributed by atoms with Gasteiger partial charge in [-0.05, 0) is 44.9 Å². The van der Waals surface area contributed by atoms with E-state index in [0.29, 0.717) is 5.84 Å². The van der Waals surface area contributed by atoms with Gasteiger partial charge in [0.2, 0.25) is 0 Å². The van der Waals surface area contributed by atoms with Gasteiger partial charge in [-0.2, -0.15) is 0 Å². The Morgan fingerprint density at radius 2 is 1.52 bits per heavy atom. The third-order valence-corrected chi connectivity index (χ3v) is 3.40. The molecule has 0 aliphatic heterocycles. The maximum Gasteiger partial charge on any atom is 0.161 e. The predicted octanol–water partition coefficient (Wildman–Crippen LogP) is 3.99. The lowest BCUT2D eigenvalue weighted by Crippen LogP contribution is -2.03. The van der Waals surface area contributed by atoms with Gasteiger partial charge in [0.05, 0.1) is 12.0 Å². The number of rotatable bonds is 2. The second-order valence-electron chi connectivity index (χ2n) is 5.32. The Hall–Kier alpha value is -2.42. The molecule has 0 aliphatic carbocycles. The molecular formula is C18H21N3. The van der Waals surface area contributed by atoms with Crippen LogP contribution in [0.15, 0.2) is 46.4 Å². The van der Waals surface area contributed by atoms with Crippen LogP contribution in [-0.2, 0) is 0 Å². The van der Waals surface area contributed by atoms with E-state index in [-0.39, 0.29) is 0 Å². The number of aryl methyl sites for hydroxylation is 4. The third-order valence-electron chi connectivity index (χ3n) is 3.40. The van der Waals surface area contributed by atoms with Crippen LogP contribution in [0, 0.1) is 27.7 Å². The van der Waals surface area contributed by atoms with Crippen molar-refractivity contribution < 1.29 is 0 Å². The van der Waals surface area contributed by atoms with E-state index < -0.39 is 0 Å². The van der Waals surface area contributed by atoms with Gasteiger partial charge in [-0.15, -0.1) is 0 Å². The molecule has 21 heavy (non-hydrogen) atoms. The van der Waals surface area contributed by atoms with E-state index >= 15 is 0 Å². The predicted molar refractivity (Wildman–Crippen MR) is 90.7 cm³/mol. The Morgan fingerprint density at radius 1 is 0.905 bits per heavy atom. The highest BCUT2D eigenvalue weighted by Gasteiger charge is 2.07. The fourth-order valence-corrected chi connectivity index (χ4v) is 2.34. The molecule has 3 heteroatoms. The van der Waals surface area contributed by atoms with Crippen molar-refractivity contribution in [3.8, 4) is 0 Å². The molecule has 0 spiro atoms. The summed E-state index contributed by atoms with van der Waals surface area (Å²) in [5.41, 5.74) is 12.1. The quantitative estimate of drug-likeness (QED) is 0.656. The minimum atomic E-state index is 0.641. The summed E-state index contributed by atoms with van der Waals surface area (Å²) in [7, 11) is 0. The number of nitrogens with zero attached hydrogens (tertiary/aromatic N) is 2. The lowest BCUT2D eigenvalue weighted by atomic mass is 10.0. The van der Waals surface area contributed by atoms with Gasteiger partial charge in [-0.25, -0.2) is 9.98 Å². The van der Waals surface area contributed by atoms with Gasteiger partial charge in [0, 0.05) is 5.56 Å². The van der Waals surface area contributed by atoms with Crippen molar-refractivity contribution in [3.63, 3.8) is 0 Å². The van der Waals surface area contributed by atoms with Crippen LogP contribution in [0.3, 0.4) is 0 Å². The zero-order valence-corrected chi connectivity index (χ0v) is 13.0. The molecule has 0 saturated heterocycles. The second kappa shape index (κ2) is 6.35. The van der Waals surface area contributed by atoms with E-state index in [2.05, 4.69) is 61.9 Å². The van der Waals surface area contributed by atoms with Crippen molar-refractivity contribution >= 4 is 17.9 Å². The molecule has 3 nitrogen and oxygen atoms in total. The molecule has 108 valence electrons. The molecule has 2 rings (SSSR count). The molecule has 0 aromatic heterocycles. The molecule has 0 heterocycles. The number of hydrogen-bond acceptors (Lipinski definition) is 1. The molecule has 0 amide bonds. The average molecular weight is 279 g/mol. The molecule has 0 atom stereocenters. The van der Waals surface area contributed by atoms with Crippen molar-refractivity contribution in [3.05, 3.63) is 64.2 Å². The molecule has 0 bridgehead atoms. The first-order chi connectivity index (χ1) is 10.0. The average Bonchev–Trinajstić information content (AvgIpc) is 2.41. The van der Waals surface area contributed by atoms with Crippen LogP contribution in [0.25, 0.3) is 0 Å². The van der Waals surface area contributed by atoms with E-state index in [1.165, 1.54) is 17.5 Å². The van der Waals surface area contributed by atoms with Crippen LogP contribution in [0.4, 0.5) is 5.69 Å². The highest BCUT2D eigenvalue weighted by Crippen LogP contribution is 2.22. The molecule has 2 aromatic rings. The van der Waals surface area contributed by atoms with Gasteiger partial charge in [0.1, 0.15) is 0 Å². The molecular weight excluding hydrogens is 258 g/mol. The molecule has 0 aliphatic rings. The normalized spacial score (nSPS) is 12.1. The van der Waals surface area contributed by atoms with Crippen LogP contribution < -0.4 is 5.73 Å². The monoisotopic (exact) mass is 279 g/mol. The van der Waals surface area contributed by atoms with Gasteiger partial charge in [0.15, 0.2) is 5.84 Å². The minimum Gasteiger partial charge on any atom is -0.390 e. The summed E-state index contributed by atoms with van der Waals surface area (Å²) in [6, 6.07) is 12.4. The summed E-state index contributed by atoms with van der Waals surface area (Å²) < 4.78 is 0. The first-order valence-electron chi connectivity index (χ1n) is 6.99. The largest absolute Gasteiger partial charge is 0.390 e. The van der Waals surface area contributed by atoms with Crippen LogP contribution in [0.5, 0.6) is 0 Å². The van der Waals surface area contributed by atoms with E-state index in [1.807, 2.05) is 12.1 Å². The number of amidine groups is 1. The fourth-order valence-electron chi connectivity index (χ4n) is 2.34. The molecule has 0 fully saturated rings. The topological polar surface area (TPSA) is 50.7 Å². The van der Waals surface area contributed by atoms with Crippen molar-refractivity contribution in [2.45, 2.75) is 27.7 Å². The van der Waals surface area contributed by atoms with Crippen molar-refractivity contribution in [1.82, 2.24) is 0 Å². The standard InChI is InChI=1S/C18H21N3/c1-12-5-7-16(14(3)9-12)18(20-11-19)21-17-8-6-13(2)10-15(17)4/h5-11H,1-4H3,(H2,19,20,21). The zero-order chi connectivity index (χ0) is 15.4. The van der Waals surface area contributed by atoms with E-state index in [4.69, 9.17) is 5.73 Å². The van der Waals surface area contributed by atoms with Crippen molar-refractivity contribution in [2.75, 3.05) is 0 Å². The van der Waals surface area contributed by atoms with E-state index in [1.54, 1.807) is 0 Å². The maximum atomic E-state index is 5.49. The Labute approximate surface area is 126 Å². The fraction of sp³-hybridized carbons (Fsp3) is 0.222. The Bertz CT molecular complexity index is 712. The number of nitrogens with two attached hydrogens (primary N) is 1. The smallest absolute Gasteiger partial charge is 0.161 e. The minimum absolute atomic E-state index is 0.641. The van der Waals surface area contributed by atoms with Crippen LogP contribution in [0.2, 0.25) is 0 Å². The maximum absolute atomic E-state index is 5.49. The molecule has 0 radical (unpaired) electrons. The zero-order valence-electron chi connectivity index (χ0n) is 13.0. The van der Waals surface area contributed by atoms with Gasteiger partial charge >= 0.3 is 0 Å². The molecule has 2 aromatic carbocycles. The summed E-state index contributed by atoms with van der Waals surface area (Å²) >= 11 is 0. The molecule has 0 unspecified atom stereocenters.